The van der Waals surface area contributed by atoms with Crippen LogP contribution in [0.25, 0.3) is 0 Å². The Hall–Kier alpha value is -4.23. The summed E-state index contributed by atoms with van der Waals surface area (Å²) in [5.41, 5.74) is -0.172. The molecule has 2 unspecified atom stereocenters. The number of benzene rings is 1. The fourth-order valence-electron chi connectivity index (χ4n) is 6.98. The van der Waals surface area contributed by atoms with E-state index in [1.165, 1.54) is 62.8 Å². The summed E-state index contributed by atoms with van der Waals surface area (Å²) >= 11 is 0. The standard InChI is InChI=1S/C49H81NO13/c1-5-9-13-17-25-40(23-11-7-3)35-58-45(51)27-19-15-21-29-47(53)60-37-42(39-62-49(55)63-44-33-31-43(32-34-44)50(56)57)38-61-48(54)30-22-16-20-28-46(52)59-36-41(24-12-8-4)26-18-14-10-6-2/h31-34,40-42H,5-30,35-39H2,1-4H3. The van der Waals surface area contributed by atoms with Crippen molar-refractivity contribution in [2.45, 2.75) is 195 Å². The van der Waals surface area contributed by atoms with E-state index < -0.39 is 28.9 Å². The highest BCUT2D eigenvalue weighted by molar-refractivity contribution is 5.71. The number of carbonyl (C=O) groups excluding carboxylic acids is 5. The fraction of sp³-hybridized carbons (Fsp3) is 0.776. The summed E-state index contributed by atoms with van der Waals surface area (Å²) in [6.07, 6.45) is 21.6. The monoisotopic (exact) mass is 892 g/mol. The summed E-state index contributed by atoms with van der Waals surface area (Å²) in [6.45, 7) is 8.96. The van der Waals surface area contributed by atoms with E-state index in [0.29, 0.717) is 63.6 Å². The highest BCUT2D eigenvalue weighted by atomic mass is 16.7. The molecule has 0 heterocycles. The minimum atomic E-state index is -1.09. The first-order valence-corrected chi connectivity index (χ1v) is 24.2. The number of esters is 4. The molecule has 2 atom stereocenters. The molecule has 0 aliphatic rings. The molecule has 0 amide bonds. The van der Waals surface area contributed by atoms with Crippen LogP contribution in [0.2, 0.25) is 0 Å². The zero-order valence-corrected chi connectivity index (χ0v) is 39.2. The van der Waals surface area contributed by atoms with Gasteiger partial charge >= 0.3 is 30.0 Å². The largest absolute Gasteiger partial charge is 0.513 e. The first-order chi connectivity index (χ1) is 30.5. The molecule has 0 saturated carbocycles. The van der Waals surface area contributed by atoms with Crippen LogP contribution < -0.4 is 4.74 Å². The van der Waals surface area contributed by atoms with Crippen molar-refractivity contribution < 1.29 is 57.3 Å². The summed E-state index contributed by atoms with van der Waals surface area (Å²) < 4.78 is 32.4. The van der Waals surface area contributed by atoms with Crippen LogP contribution in [0.3, 0.4) is 0 Å². The van der Waals surface area contributed by atoms with Gasteiger partial charge in [-0.15, -0.1) is 0 Å². The van der Waals surface area contributed by atoms with Crippen LogP contribution in [0, 0.1) is 27.9 Å². The summed E-state index contributed by atoms with van der Waals surface area (Å²) in [7, 11) is 0. The van der Waals surface area contributed by atoms with E-state index in [2.05, 4.69) is 27.7 Å². The quantitative estimate of drug-likeness (QED) is 0.0151. The third kappa shape index (κ3) is 32.1. The van der Waals surface area contributed by atoms with Gasteiger partial charge in [-0.2, -0.15) is 0 Å². The van der Waals surface area contributed by atoms with Crippen LogP contribution in [-0.2, 0) is 42.9 Å². The summed E-state index contributed by atoms with van der Waals surface area (Å²) in [5.74, 6) is -1.26. The predicted molar refractivity (Wildman–Crippen MR) is 242 cm³/mol. The first kappa shape index (κ1) is 56.8. The molecule has 0 fully saturated rings. The number of nitro groups is 1. The van der Waals surface area contributed by atoms with Crippen LogP contribution in [0.5, 0.6) is 5.75 Å². The van der Waals surface area contributed by atoms with Gasteiger partial charge in [0.15, 0.2) is 0 Å². The minimum Gasteiger partial charge on any atom is -0.465 e. The average molecular weight is 892 g/mol. The van der Waals surface area contributed by atoms with Gasteiger partial charge < -0.3 is 28.4 Å². The molecule has 0 aromatic heterocycles. The van der Waals surface area contributed by atoms with Crippen LogP contribution in [0.4, 0.5) is 10.5 Å². The number of rotatable bonds is 40. The maximum atomic E-state index is 12.6. The fourth-order valence-corrected chi connectivity index (χ4v) is 6.98. The number of non-ortho nitro benzene ring substituents is 1. The Bertz CT molecular complexity index is 1320. The Balaban J connectivity index is 2.52. The second kappa shape index (κ2) is 38.2. The maximum Gasteiger partial charge on any atom is 0.513 e. The number of unbranched alkanes of at least 4 members (excludes halogenated alkanes) is 12. The van der Waals surface area contributed by atoms with Crippen molar-refractivity contribution >= 4 is 35.7 Å². The third-order valence-corrected chi connectivity index (χ3v) is 11.0. The molecule has 1 aromatic carbocycles. The molecule has 0 saturated heterocycles. The van der Waals surface area contributed by atoms with Gasteiger partial charge in [-0.3, -0.25) is 29.3 Å². The van der Waals surface area contributed by atoms with Crippen LogP contribution >= 0.6 is 0 Å². The van der Waals surface area contributed by atoms with E-state index in [4.69, 9.17) is 28.4 Å². The van der Waals surface area contributed by atoms with Gasteiger partial charge in [-0.05, 0) is 75.3 Å². The van der Waals surface area contributed by atoms with Gasteiger partial charge in [0.2, 0.25) is 0 Å². The first-order valence-electron chi connectivity index (χ1n) is 24.2. The number of ether oxygens (including phenoxy) is 6. The van der Waals surface area contributed by atoms with E-state index in [1.807, 2.05) is 0 Å². The Labute approximate surface area is 377 Å². The topological polar surface area (TPSA) is 184 Å². The normalized spacial score (nSPS) is 12.4. The highest BCUT2D eigenvalue weighted by Gasteiger charge is 2.20. The highest BCUT2D eigenvalue weighted by Crippen LogP contribution is 2.21. The smallest absolute Gasteiger partial charge is 0.465 e. The molecular weight excluding hydrogens is 811 g/mol. The van der Waals surface area contributed by atoms with E-state index >= 15 is 0 Å². The van der Waals surface area contributed by atoms with Crippen LogP contribution in [0.15, 0.2) is 24.3 Å². The number of nitro benzene ring substituents is 1. The van der Waals surface area contributed by atoms with Crippen LogP contribution in [-0.4, -0.2) is 68.0 Å². The molecule has 0 bridgehead atoms. The van der Waals surface area contributed by atoms with Crippen molar-refractivity contribution in [1.82, 2.24) is 0 Å². The second-order valence-electron chi connectivity index (χ2n) is 16.8. The third-order valence-electron chi connectivity index (χ3n) is 11.0. The molecule has 0 N–H and O–H groups in total. The predicted octanol–water partition coefficient (Wildman–Crippen LogP) is 12.4. The molecule has 14 nitrogen and oxygen atoms in total. The molecule has 0 aliphatic heterocycles. The lowest BCUT2D eigenvalue weighted by Crippen LogP contribution is -2.27. The Kier molecular flexibility index (Phi) is 34.5. The average Bonchev–Trinajstić information content (AvgIpc) is 3.27. The van der Waals surface area contributed by atoms with Crippen molar-refractivity contribution in [3.63, 3.8) is 0 Å². The van der Waals surface area contributed by atoms with Gasteiger partial charge in [-0.25, -0.2) is 4.79 Å². The van der Waals surface area contributed by atoms with Gasteiger partial charge in [-0.1, -0.05) is 118 Å². The molecule has 0 spiro atoms. The van der Waals surface area contributed by atoms with E-state index in [0.717, 1.165) is 64.2 Å². The lowest BCUT2D eigenvalue weighted by molar-refractivity contribution is -0.384. The zero-order valence-electron chi connectivity index (χ0n) is 39.2. The number of hydrogen-bond donors (Lipinski definition) is 0. The van der Waals surface area contributed by atoms with Gasteiger partial charge in [0.25, 0.3) is 5.69 Å². The van der Waals surface area contributed by atoms with Crippen molar-refractivity contribution in [3.05, 3.63) is 34.4 Å². The van der Waals surface area contributed by atoms with Gasteiger partial charge in [0.05, 0.1) is 24.1 Å². The Morgan fingerprint density at radius 1 is 0.444 bits per heavy atom. The summed E-state index contributed by atoms with van der Waals surface area (Å²) in [5, 5.41) is 10.9. The molecular formula is C49H81NO13. The number of carbonyl (C=O) groups is 5. The molecule has 1 aromatic rings. The van der Waals surface area contributed by atoms with Crippen LogP contribution in [0.1, 0.15) is 195 Å². The van der Waals surface area contributed by atoms with Gasteiger partial charge in [0, 0.05) is 37.8 Å². The number of hydrogen-bond acceptors (Lipinski definition) is 13. The Morgan fingerprint density at radius 3 is 1.14 bits per heavy atom. The van der Waals surface area contributed by atoms with Crippen molar-refractivity contribution in [2.75, 3.05) is 33.0 Å². The molecule has 0 aliphatic carbocycles. The zero-order chi connectivity index (χ0) is 46.3. The van der Waals surface area contributed by atoms with Crippen molar-refractivity contribution in [1.29, 1.82) is 0 Å². The maximum absolute atomic E-state index is 12.6. The van der Waals surface area contributed by atoms with Crippen molar-refractivity contribution in [3.8, 4) is 5.75 Å². The molecule has 0 radical (unpaired) electrons. The second-order valence-corrected chi connectivity index (χ2v) is 16.8. The van der Waals surface area contributed by atoms with E-state index in [-0.39, 0.29) is 68.9 Å². The Morgan fingerprint density at radius 2 is 0.778 bits per heavy atom. The summed E-state index contributed by atoms with van der Waals surface area (Å²) in [4.78, 5) is 72.8. The number of nitrogens with zero attached hydrogens (tertiary/aromatic N) is 1. The lowest BCUT2D eigenvalue weighted by Gasteiger charge is -2.17. The van der Waals surface area contributed by atoms with Gasteiger partial charge in [0.1, 0.15) is 25.6 Å². The molecule has 1 rings (SSSR count). The summed E-state index contributed by atoms with van der Waals surface area (Å²) in [6, 6.07) is 4.88. The molecule has 14 heteroatoms. The van der Waals surface area contributed by atoms with Crippen molar-refractivity contribution in [2.24, 2.45) is 17.8 Å². The minimum absolute atomic E-state index is 0.0319. The van der Waals surface area contributed by atoms with E-state index in [1.54, 1.807) is 0 Å². The SMILES string of the molecule is CCCCCCC(CCCC)COC(=O)CCCCCC(=O)OCC(COC(=O)CCCCCC(=O)OCC(CCCC)CCCCCC)COC(=O)Oc1ccc([N+](=O)[O-])cc1. The van der Waals surface area contributed by atoms with E-state index in [9.17, 15) is 34.1 Å². The molecule has 63 heavy (non-hydrogen) atoms. The lowest BCUT2D eigenvalue weighted by atomic mass is 9.96. The molecule has 360 valence electrons.